The molecule has 0 atom stereocenters. The smallest absolute Gasteiger partial charge is 0.152 e. The molecule has 1 aliphatic carbocycles. The first kappa shape index (κ1) is 27.1. The fraction of sp³-hybridized carbons (Fsp3) is 0.0667. The molecule has 2 heterocycles. The Morgan fingerprint density at radius 2 is 1.10 bits per heavy atom. The molecule has 10 rings (SSSR count). The SMILES string of the molecule is CC1(C)c2ccccc2-c2cc3c4cc(-c5ccc6c(c5)Oc5ccccc5N6c5ccccc5)ccc4n(-c4ccccc4)c3cc21. The first-order valence-corrected chi connectivity index (χ1v) is 16.6. The van der Waals surface area contributed by atoms with Gasteiger partial charge in [0.15, 0.2) is 11.5 Å². The molecular formula is C45H32N2O. The fourth-order valence-electron chi connectivity index (χ4n) is 8.04. The van der Waals surface area contributed by atoms with E-state index in [1.165, 1.54) is 49.7 Å². The first-order valence-electron chi connectivity index (χ1n) is 16.6. The van der Waals surface area contributed by atoms with Gasteiger partial charge in [0, 0.05) is 27.6 Å². The van der Waals surface area contributed by atoms with E-state index in [1.54, 1.807) is 0 Å². The van der Waals surface area contributed by atoms with Crippen molar-refractivity contribution in [1.29, 1.82) is 0 Å². The van der Waals surface area contributed by atoms with Crippen molar-refractivity contribution in [1.82, 2.24) is 4.57 Å². The molecule has 0 radical (unpaired) electrons. The van der Waals surface area contributed by atoms with Gasteiger partial charge in [-0.2, -0.15) is 0 Å². The van der Waals surface area contributed by atoms with Gasteiger partial charge in [0.05, 0.1) is 22.4 Å². The maximum absolute atomic E-state index is 6.57. The van der Waals surface area contributed by atoms with E-state index in [4.69, 9.17) is 4.74 Å². The Bertz CT molecular complexity index is 2560. The van der Waals surface area contributed by atoms with Gasteiger partial charge < -0.3 is 14.2 Å². The van der Waals surface area contributed by atoms with E-state index in [0.717, 1.165) is 39.7 Å². The molecule has 0 bridgehead atoms. The molecule has 0 unspecified atom stereocenters. The van der Waals surface area contributed by atoms with Crippen molar-refractivity contribution < 1.29 is 4.74 Å². The number of fused-ring (bicyclic) bond motifs is 8. The highest BCUT2D eigenvalue weighted by molar-refractivity contribution is 6.12. The number of ether oxygens (including phenoxy) is 1. The summed E-state index contributed by atoms with van der Waals surface area (Å²) in [5.74, 6) is 1.70. The number of benzene rings is 7. The number of anilines is 3. The van der Waals surface area contributed by atoms with Crippen molar-refractivity contribution in [3.63, 3.8) is 0 Å². The molecule has 3 nitrogen and oxygen atoms in total. The standard InChI is InChI=1S/C45H32N2O/c1-45(2)37-18-10-9-17-33(37)34-27-36-35-25-29(21-23-39(35)46(42(36)28-38(34)45)31-13-5-3-6-14-31)30-22-24-41-44(26-30)48-43-20-12-11-19-40(43)47(41)32-15-7-4-8-16-32/h3-28H,1-2H3. The van der Waals surface area contributed by atoms with Gasteiger partial charge in [0.2, 0.25) is 0 Å². The normalized spacial score (nSPS) is 13.9. The molecule has 0 fully saturated rings. The lowest BCUT2D eigenvalue weighted by molar-refractivity contribution is 0.477. The molecule has 48 heavy (non-hydrogen) atoms. The van der Waals surface area contributed by atoms with Gasteiger partial charge in [0.1, 0.15) is 0 Å². The molecule has 1 aliphatic heterocycles. The number of hydrogen-bond donors (Lipinski definition) is 0. The van der Waals surface area contributed by atoms with Crippen LogP contribution in [0.5, 0.6) is 11.5 Å². The van der Waals surface area contributed by atoms with Crippen LogP contribution in [-0.4, -0.2) is 4.57 Å². The highest BCUT2D eigenvalue weighted by atomic mass is 16.5. The number of hydrogen-bond acceptors (Lipinski definition) is 2. The third kappa shape index (κ3) is 3.82. The topological polar surface area (TPSA) is 17.4 Å². The Labute approximate surface area is 279 Å². The first-order chi connectivity index (χ1) is 23.6. The zero-order valence-electron chi connectivity index (χ0n) is 26.8. The Morgan fingerprint density at radius 1 is 0.458 bits per heavy atom. The summed E-state index contributed by atoms with van der Waals surface area (Å²) in [4.78, 5) is 2.29. The Morgan fingerprint density at radius 3 is 1.94 bits per heavy atom. The van der Waals surface area contributed by atoms with Gasteiger partial charge in [0.25, 0.3) is 0 Å². The van der Waals surface area contributed by atoms with E-state index < -0.39 is 0 Å². The number of nitrogens with zero attached hydrogens (tertiary/aromatic N) is 2. The molecule has 2 aliphatic rings. The number of para-hydroxylation sites is 4. The van der Waals surface area contributed by atoms with E-state index in [1.807, 2.05) is 12.1 Å². The second-order valence-corrected chi connectivity index (χ2v) is 13.4. The largest absolute Gasteiger partial charge is 0.453 e. The van der Waals surface area contributed by atoms with Crippen LogP contribution >= 0.6 is 0 Å². The summed E-state index contributed by atoms with van der Waals surface area (Å²) in [5, 5.41) is 2.51. The predicted octanol–water partition coefficient (Wildman–Crippen LogP) is 12.3. The second-order valence-electron chi connectivity index (χ2n) is 13.4. The third-order valence-electron chi connectivity index (χ3n) is 10.4. The molecular weight excluding hydrogens is 585 g/mol. The average molecular weight is 617 g/mol. The number of aromatic nitrogens is 1. The lowest BCUT2D eigenvalue weighted by Gasteiger charge is -2.33. The van der Waals surface area contributed by atoms with Gasteiger partial charge >= 0.3 is 0 Å². The van der Waals surface area contributed by atoms with Crippen LogP contribution in [0.2, 0.25) is 0 Å². The van der Waals surface area contributed by atoms with Crippen molar-refractivity contribution in [3.8, 4) is 39.4 Å². The monoisotopic (exact) mass is 616 g/mol. The van der Waals surface area contributed by atoms with Crippen LogP contribution in [0.15, 0.2) is 158 Å². The molecule has 228 valence electrons. The van der Waals surface area contributed by atoms with Crippen molar-refractivity contribution in [2.45, 2.75) is 19.3 Å². The third-order valence-corrected chi connectivity index (χ3v) is 10.4. The summed E-state index contributed by atoms with van der Waals surface area (Å²) in [6.07, 6.45) is 0. The van der Waals surface area contributed by atoms with Crippen LogP contribution in [-0.2, 0) is 5.41 Å². The van der Waals surface area contributed by atoms with Crippen LogP contribution in [0.3, 0.4) is 0 Å². The van der Waals surface area contributed by atoms with E-state index >= 15 is 0 Å². The van der Waals surface area contributed by atoms with Crippen LogP contribution in [0.25, 0.3) is 49.7 Å². The summed E-state index contributed by atoms with van der Waals surface area (Å²) in [6.45, 7) is 4.71. The van der Waals surface area contributed by atoms with Gasteiger partial charge in [-0.15, -0.1) is 0 Å². The summed E-state index contributed by atoms with van der Waals surface area (Å²) >= 11 is 0. The quantitative estimate of drug-likeness (QED) is 0.196. The molecule has 8 aromatic rings. The Balaban J connectivity index is 1.18. The molecule has 0 saturated heterocycles. The van der Waals surface area contributed by atoms with Gasteiger partial charge in [-0.25, -0.2) is 0 Å². The molecule has 0 spiro atoms. The van der Waals surface area contributed by atoms with Crippen LogP contribution in [0.1, 0.15) is 25.0 Å². The molecule has 0 N–H and O–H groups in total. The maximum Gasteiger partial charge on any atom is 0.152 e. The minimum Gasteiger partial charge on any atom is -0.453 e. The van der Waals surface area contributed by atoms with E-state index in [-0.39, 0.29) is 5.41 Å². The molecule has 3 heteroatoms. The maximum atomic E-state index is 6.57. The minimum atomic E-state index is -0.0708. The zero-order valence-corrected chi connectivity index (χ0v) is 26.8. The highest BCUT2D eigenvalue weighted by Crippen LogP contribution is 2.53. The van der Waals surface area contributed by atoms with Crippen molar-refractivity contribution >= 4 is 38.9 Å². The minimum absolute atomic E-state index is 0.0708. The van der Waals surface area contributed by atoms with E-state index in [2.05, 4.69) is 169 Å². The summed E-state index contributed by atoms with van der Waals surface area (Å²) in [6, 6.07) is 56.8. The fourth-order valence-corrected chi connectivity index (χ4v) is 8.04. The molecule has 0 amide bonds. The van der Waals surface area contributed by atoms with Gasteiger partial charge in [-0.05, 0) is 106 Å². The van der Waals surface area contributed by atoms with Gasteiger partial charge in [-0.3, -0.25) is 0 Å². The van der Waals surface area contributed by atoms with Crippen molar-refractivity contribution in [3.05, 3.63) is 169 Å². The lowest BCUT2D eigenvalue weighted by Crippen LogP contribution is -2.15. The van der Waals surface area contributed by atoms with Gasteiger partial charge in [-0.1, -0.05) is 98.8 Å². The summed E-state index contributed by atoms with van der Waals surface area (Å²) in [7, 11) is 0. The molecule has 7 aromatic carbocycles. The average Bonchev–Trinajstić information content (AvgIpc) is 3.57. The highest BCUT2D eigenvalue weighted by Gasteiger charge is 2.36. The second kappa shape index (κ2) is 9.97. The summed E-state index contributed by atoms with van der Waals surface area (Å²) in [5.41, 5.74) is 14.4. The Hall–Kier alpha value is -6.06. The molecule has 1 aromatic heterocycles. The van der Waals surface area contributed by atoms with Crippen LogP contribution in [0, 0.1) is 0 Å². The lowest BCUT2D eigenvalue weighted by atomic mass is 9.82. The number of rotatable bonds is 3. The zero-order chi connectivity index (χ0) is 32.0. The predicted molar refractivity (Wildman–Crippen MR) is 199 cm³/mol. The molecule has 0 saturated carbocycles. The van der Waals surface area contributed by atoms with Crippen molar-refractivity contribution in [2.24, 2.45) is 0 Å². The van der Waals surface area contributed by atoms with Crippen LogP contribution in [0.4, 0.5) is 17.1 Å². The van der Waals surface area contributed by atoms with Crippen molar-refractivity contribution in [2.75, 3.05) is 4.90 Å². The van der Waals surface area contributed by atoms with Crippen LogP contribution < -0.4 is 9.64 Å². The summed E-state index contributed by atoms with van der Waals surface area (Å²) < 4.78 is 9.00. The van der Waals surface area contributed by atoms with E-state index in [0.29, 0.717) is 0 Å². The Kier molecular flexibility index (Phi) is 5.63. The van der Waals surface area contributed by atoms with E-state index in [9.17, 15) is 0 Å².